The van der Waals surface area contributed by atoms with Crippen LogP contribution in [-0.2, 0) is 16.6 Å². The molecule has 0 amide bonds. The molecule has 30 heavy (non-hydrogen) atoms. The fourth-order valence-electron chi connectivity index (χ4n) is 3.24. The zero-order valence-corrected chi connectivity index (χ0v) is 17.4. The van der Waals surface area contributed by atoms with Gasteiger partial charge in [-0.1, -0.05) is 0 Å². The van der Waals surface area contributed by atoms with Crippen molar-refractivity contribution in [3.63, 3.8) is 0 Å². The van der Waals surface area contributed by atoms with E-state index in [0.29, 0.717) is 19.0 Å². The molecule has 1 aliphatic rings. The van der Waals surface area contributed by atoms with Gasteiger partial charge in [0.25, 0.3) is 0 Å². The van der Waals surface area contributed by atoms with Crippen LogP contribution in [0.3, 0.4) is 0 Å². The third-order valence-electron chi connectivity index (χ3n) is 4.80. The van der Waals surface area contributed by atoms with Gasteiger partial charge < -0.3 is 14.0 Å². The minimum absolute atomic E-state index is 0.0565. The smallest absolute Gasteiger partial charge is 0.406 e. The number of hydrogen-bond acceptors (Lipinski definition) is 5. The molecular weight excluding hydrogens is 425 g/mol. The first-order valence-corrected chi connectivity index (χ1v) is 10.5. The summed E-state index contributed by atoms with van der Waals surface area (Å²) >= 11 is 0. The van der Waals surface area contributed by atoms with Gasteiger partial charge >= 0.3 is 6.18 Å². The van der Waals surface area contributed by atoms with Crippen molar-refractivity contribution in [3.05, 3.63) is 41.2 Å². The van der Waals surface area contributed by atoms with Crippen LogP contribution in [0.2, 0.25) is 0 Å². The second kappa shape index (κ2) is 7.95. The molecule has 11 heteroatoms. The summed E-state index contributed by atoms with van der Waals surface area (Å²) in [6.45, 7) is 1.78. The van der Waals surface area contributed by atoms with Gasteiger partial charge in [-0.25, -0.2) is 8.42 Å². The Morgan fingerprint density at radius 2 is 1.77 bits per heavy atom. The predicted molar refractivity (Wildman–Crippen MR) is 102 cm³/mol. The number of halogens is 3. The monoisotopic (exact) mass is 446 g/mol. The van der Waals surface area contributed by atoms with Gasteiger partial charge in [-0.15, -0.1) is 0 Å². The number of carbonyl (C=O) groups is 1. The maximum atomic E-state index is 12.9. The number of fused-ring (bicyclic) bond motifs is 1. The van der Waals surface area contributed by atoms with E-state index in [-0.39, 0.29) is 27.6 Å². The molecule has 1 aromatic carbocycles. The summed E-state index contributed by atoms with van der Waals surface area (Å²) in [6.07, 6.45) is -4.44. The van der Waals surface area contributed by atoms with Crippen molar-refractivity contribution in [1.82, 2.24) is 8.87 Å². The molecule has 2 aromatic rings. The lowest BCUT2D eigenvalue weighted by Crippen LogP contribution is -2.32. The molecule has 0 atom stereocenters. The van der Waals surface area contributed by atoms with Crippen molar-refractivity contribution in [2.45, 2.75) is 31.5 Å². The van der Waals surface area contributed by atoms with E-state index in [1.807, 2.05) is 0 Å². The minimum Gasteiger partial charge on any atom is -0.486 e. The molecule has 0 fully saturated rings. The number of ketones is 1. The Morgan fingerprint density at radius 1 is 1.13 bits per heavy atom. The Bertz CT molecular complexity index is 1080. The first-order valence-electron chi connectivity index (χ1n) is 9.03. The lowest BCUT2D eigenvalue weighted by Gasteiger charge is -2.21. The third kappa shape index (κ3) is 4.46. The van der Waals surface area contributed by atoms with Crippen LogP contribution < -0.4 is 9.47 Å². The SMILES string of the molecule is Cc1cc(C(=O)CN(C)S(=O)(=O)c2ccc3c(c2)OCCO3)c(C)n1CC(F)(F)F. The molecule has 0 unspecified atom stereocenters. The predicted octanol–water partition coefficient (Wildman–Crippen LogP) is 2.94. The Balaban J connectivity index is 1.81. The zero-order chi connectivity index (χ0) is 22.3. The van der Waals surface area contributed by atoms with Crippen molar-refractivity contribution >= 4 is 15.8 Å². The first-order chi connectivity index (χ1) is 13.9. The maximum Gasteiger partial charge on any atom is 0.406 e. The zero-order valence-electron chi connectivity index (χ0n) is 16.6. The summed E-state index contributed by atoms with van der Waals surface area (Å²) in [5, 5.41) is 0. The number of hydrogen-bond donors (Lipinski definition) is 0. The molecule has 1 aromatic heterocycles. The lowest BCUT2D eigenvalue weighted by molar-refractivity contribution is -0.141. The molecule has 0 saturated carbocycles. The van der Waals surface area contributed by atoms with Gasteiger partial charge in [0, 0.05) is 30.1 Å². The molecule has 0 radical (unpaired) electrons. The number of aromatic nitrogens is 1. The second-order valence-corrected chi connectivity index (χ2v) is 9.02. The molecule has 164 valence electrons. The Hall–Kier alpha value is -2.53. The highest BCUT2D eigenvalue weighted by Gasteiger charge is 2.31. The van der Waals surface area contributed by atoms with Gasteiger partial charge in [-0.05, 0) is 32.0 Å². The highest BCUT2D eigenvalue weighted by Crippen LogP contribution is 2.33. The number of aryl methyl sites for hydroxylation is 1. The summed E-state index contributed by atoms with van der Waals surface area (Å²) in [5.41, 5.74) is 0.464. The van der Waals surface area contributed by atoms with Crippen molar-refractivity contribution in [3.8, 4) is 11.5 Å². The second-order valence-electron chi connectivity index (χ2n) is 6.98. The van der Waals surface area contributed by atoms with Crippen molar-refractivity contribution in [2.24, 2.45) is 0 Å². The average Bonchev–Trinajstić information content (AvgIpc) is 2.94. The van der Waals surface area contributed by atoms with Crippen LogP contribution in [0.1, 0.15) is 21.7 Å². The lowest BCUT2D eigenvalue weighted by atomic mass is 10.1. The van der Waals surface area contributed by atoms with Gasteiger partial charge in [0.15, 0.2) is 17.3 Å². The van der Waals surface area contributed by atoms with Crippen LogP contribution in [0.25, 0.3) is 0 Å². The molecule has 2 heterocycles. The van der Waals surface area contributed by atoms with E-state index in [0.717, 1.165) is 8.87 Å². The first kappa shape index (κ1) is 22.2. The van der Waals surface area contributed by atoms with Crippen LogP contribution in [-0.4, -0.2) is 56.1 Å². The number of ether oxygens (including phenoxy) is 2. The molecular formula is C19H21F3N2O5S. The molecule has 0 spiro atoms. The van der Waals surface area contributed by atoms with E-state index in [4.69, 9.17) is 9.47 Å². The molecule has 7 nitrogen and oxygen atoms in total. The van der Waals surface area contributed by atoms with Gasteiger partial charge in [-0.3, -0.25) is 4.79 Å². The summed E-state index contributed by atoms with van der Waals surface area (Å²) in [6, 6.07) is 5.48. The van der Waals surface area contributed by atoms with E-state index >= 15 is 0 Å². The topological polar surface area (TPSA) is 77.8 Å². The number of Topliss-reactive ketones (excluding diaryl/α,β-unsaturated/α-hetero) is 1. The molecule has 0 saturated heterocycles. The normalized spacial score (nSPS) is 14.2. The summed E-state index contributed by atoms with van der Waals surface area (Å²) in [7, 11) is -2.80. The van der Waals surface area contributed by atoms with Gasteiger partial charge in [0.05, 0.1) is 11.4 Å². The Labute approximate surface area is 172 Å². The number of nitrogens with zero attached hydrogens (tertiary/aromatic N) is 2. The number of alkyl halides is 3. The largest absolute Gasteiger partial charge is 0.486 e. The van der Waals surface area contributed by atoms with E-state index in [2.05, 4.69) is 0 Å². The average molecular weight is 446 g/mol. The van der Waals surface area contributed by atoms with E-state index in [1.54, 1.807) is 0 Å². The fraction of sp³-hybridized carbons (Fsp3) is 0.421. The Morgan fingerprint density at radius 3 is 2.40 bits per heavy atom. The quantitative estimate of drug-likeness (QED) is 0.638. The molecule has 1 aliphatic heterocycles. The number of benzene rings is 1. The van der Waals surface area contributed by atoms with Crippen molar-refractivity contribution < 1.29 is 35.9 Å². The third-order valence-corrected chi connectivity index (χ3v) is 6.60. The summed E-state index contributed by atoms with van der Waals surface area (Å²) in [4.78, 5) is 12.6. The number of carbonyl (C=O) groups excluding carboxylic acids is 1. The fourth-order valence-corrected chi connectivity index (χ4v) is 4.39. The van der Waals surface area contributed by atoms with Crippen LogP contribution in [0.15, 0.2) is 29.2 Å². The van der Waals surface area contributed by atoms with Crippen LogP contribution in [0.5, 0.6) is 11.5 Å². The van der Waals surface area contributed by atoms with Gasteiger partial charge in [0.2, 0.25) is 10.0 Å². The summed E-state index contributed by atoms with van der Waals surface area (Å²) in [5.74, 6) is 0.119. The summed E-state index contributed by atoms with van der Waals surface area (Å²) < 4.78 is 76.6. The standard InChI is InChI=1S/C19H21F3N2O5S/c1-12-8-15(13(2)24(12)11-19(20,21)22)16(25)10-23(3)30(26,27)14-4-5-17-18(9-14)29-7-6-28-17/h4-5,8-9H,6-7,10-11H2,1-3H3. The van der Waals surface area contributed by atoms with Crippen molar-refractivity contribution in [2.75, 3.05) is 26.8 Å². The van der Waals surface area contributed by atoms with Crippen LogP contribution in [0.4, 0.5) is 13.2 Å². The van der Waals surface area contributed by atoms with E-state index < -0.39 is 35.1 Å². The number of likely N-dealkylation sites (N-methyl/N-ethyl adjacent to an activating group) is 1. The van der Waals surface area contributed by atoms with Crippen LogP contribution in [0, 0.1) is 13.8 Å². The highest BCUT2D eigenvalue weighted by atomic mass is 32.2. The molecule has 0 N–H and O–H groups in total. The van der Waals surface area contributed by atoms with E-state index in [1.165, 1.54) is 45.2 Å². The van der Waals surface area contributed by atoms with Crippen LogP contribution >= 0.6 is 0 Å². The minimum atomic E-state index is -4.44. The maximum absolute atomic E-state index is 12.9. The Kier molecular flexibility index (Phi) is 5.87. The molecule has 0 bridgehead atoms. The number of rotatable bonds is 6. The highest BCUT2D eigenvalue weighted by molar-refractivity contribution is 7.89. The number of sulfonamides is 1. The van der Waals surface area contributed by atoms with Crippen molar-refractivity contribution in [1.29, 1.82) is 0 Å². The molecule has 0 aliphatic carbocycles. The van der Waals surface area contributed by atoms with E-state index in [9.17, 15) is 26.4 Å². The van der Waals surface area contributed by atoms with Gasteiger partial charge in [0.1, 0.15) is 19.8 Å². The molecule has 3 rings (SSSR count). The van der Waals surface area contributed by atoms with Gasteiger partial charge in [-0.2, -0.15) is 17.5 Å².